The van der Waals surface area contributed by atoms with Gasteiger partial charge in [-0.05, 0) is 31.4 Å². The molecule has 1 saturated heterocycles. The Morgan fingerprint density at radius 1 is 1.43 bits per heavy atom. The van der Waals surface area contributed by atoms with E-state index in [1.54, 1.807) is 6.07 Å². The van der Waals surface area contributed by atoms with Crippen LogP contribution in [0.5, 0.6) is 0 Å². The van der Waals surface area contributed by atoms with Crippen molar-refractivity contribution in [3.05, 3.63) is 16.5 Å². The highest BCUT2D eigenvalue weighted by Crippen LogP contribution is 2.25. The molecule has 0 aromatic carbocycles. The van der Waals surface area contributed by atoms with Gasteiger partial charge in [-0.15, -0.1) is 0 Å². The lowest BCUT2D eigenvalue weighted by molar-refractivity contribution is 0.726. The first-order chi connectivity index (χ1) is 6.66. The largest absolute Gasteiger partial charge is 0.354 e. The van der Waals surface area contributed by atoms with Crippen LogP contribution in [0.25, 0.3) is 0 Å². The maximum Gasteiger partial charge on any atom is 0.225 e. The van der Waals surface area contributed by atoms with Gasteiger partial charge in [-0.1, -0.05) is 11.6 Å². The molecule has 2 heterocycles. The summed E-state index contributed by atoms with van der Waals surface area (Å²) in [7, 11) is 0. The van der Waals surface area contributed by atoms with Gasteiger partial charge in [0.1, 0.15) is 11.0 Å². The Morgan fingerprint density at radius 2 is 2.21 bits per heavy atom. The van der Waals surface area contributed by atoms with Crippen LogP contribution in [-0.4, -0.2) is 22.6 Å². The highest BCUT2D eigenvalue weighted by atomic mass is 35.5. The van der Waals surface area contributed by atoms with Crippen molar-refractivity contribution >= 4 is 29.0 Å². The molecule has 5 heteroatoms. The molecule has 1 atom stereocenters. The van der Waals surface area contributed by atoms with E-state index in [0.29, 0.717) is 11.2 Å². The summed E-state index contributed by atoms with van der Waals surface area (Å²) in [4.78, 5) is 10.2. The van der Waals surface area contributed by atoms with E-state index < -0.39 is 0 Å². The maximum absolute atomic E-state index is 5.81. The SMILES string of the molecule is C[C@@H]1CCCN1c1cc(Cl)nc(Cl)n1. The Labute approximate surface area is 93.1 Å². The number of aromatic nitrogens is 2. The molecule has 0 amide bonds. The molecule has 14 heavy (non-hydrogen) atoms. The van der Waals surface area contributed by atoms with E-state index in [9.17, 15) is 0 Å². The average molecular weight is 232 g/mol. The van der Waals surface area contributed by atoms with E-state index in [-0.39, 0.29) is 5.28 Å². The zero-order valence-corrected chi connectivity index (χ0v) is 9.39. The summed E-state index contributed by atoms with van der Waals surface area (Å²) < 4.78 is 0. The third kappa shape index (κ3) is 1.93. The van der Waals surface area contributed by atoms with Gasteiger partial charge in [0.25, 0.3) is 0 Å². The molecule has 0 aliphatic carbocycles. The van der Waals surface area contributed by atoms with Crippen molar-refractivity contribution in [3.63, 3.8) is 0 Å². The average Bonchev–Trinajstić information content (AvgIpc) is 2.49. The molecule has 0 unspecified atom stereocenters. The number of hydrogen-bond acceptors (Lipinski definition) is 3. The number of hydrogen-bond donors (Lipinski definition) is 0. The van der Waals surface area contributed by atoms with E-state index in [2.05, 4.69) is 21.8 Å². The minimum atomic E-state index is 0.214. The van der Waals surface area contributed by atoms with E-state index in [1.165, 1.54) is 12.8 Å². The van der Waals surface area contributed by atoms with Crippen LogP contribution < -0.4 is 4.90 Å². The van der Waals surface area contributed by atoms with Crippen molar-refractivity contribution in [3.8, 4) is 0 Å². The van der Waals surface area contributed by atoms with Crippen LogP contribution in [0.1, 0.15) is 19.8 Å². The minimum absolute atomic E-state index is 0.214. The molecule has 1 fully saturated rings. The molecular weight excluding hydrogens is 221 g/mol. The molecule has 0 N–H and O–H groups in total. The molecule has 0 radical (unpaired) electrons. The van der Waals surface area contributed by atoms with Crippen molar-refractivity contribution in [1.29, 1.82) is 0 Å². The smallest absolute Gasteiger partial charge is 0.225 e. The van der Waals surface area contributed by atoms with Gasteiger partial charge >= 0.3 is 0 Å². The van der Waals surface area contributed by atoms with Gasteiger partial charge in [0.15, 0.2) is 0 Å². The summed E-state index contributed by atoms with van der Waals surface area (Å²) in [6, 6.07) is 2.27. The topological polar surface area (TPSA) is 29.0 Å². The van der Waals surface area contributed by atoms with Crippen LogP contribution in [0.15, 0.2) is 6.07 Å². The molecule has 2 rings (SSSR count). The Bertz CT molecular complexity index is 323. The highest BCUT2D eigenvalue weighted by Gasteiger charge is 2.22. The Morgan fingerprint density at radius 3 is 2.79 bits per heavy atom. The molecule has 1 aliphatic heterocycles. The van der Waals surface area contributed by atoms with Crippen LogP contribution in [0.3, 0.4) is 0 Å². The standard InChI is InChI=1S/C9H11Cl2N3/c1-6-3-2-4-14(6)8-5-7(10)12-9(11)13-8/h5-6H,2-4H2,1H3/t6-/m1/s1. The quantitative estimate of drug-likeness (QED) is 0.550. The van der Waals surface area contributed by atoms with Crippen LogP contribution >= 0.6 is 23.2 Å². The second kappa shape index (κ2) is 3.91. The fourth-order valence-electron chi connectivity index (χ4n) is 1.80. The monoisotopic (exact) mass is 231 g/mol. The lowest BCUT2D eigenvalue weighted by Crippen LogP contribution is -2.27. The second-order valence-electron chi connectivity index (χ2n) is 3.50. The Hall–Kier alpha value is -0.540. The normalized spacial score (nSPS) is 21.6. The summed E-state index contributed by atoms with van der Waals surface area (Å²) in [5, 5.41) is 0.616. The van der Waals surface area contributed by atoms with Crippen LogP contribution in [0.4, 0.5) is 5.82 Å². The number of anilines is 1. The van der Waals surface area contributed by atoms with E-state index in [0.717, 1.165) is 12.4 Å². The van der Waals surface area contributed by atoms with E-state index in [4.69, 9.17) is 23.2 Å². The van der Waals surface area contributed by atoms with Crippen LogP contribution in [0, 0.1) is 0 Å². The van der Waals surface area contributed by atoms with E-state index >= 15 is 0 Å². The fourth-order valence-corrected chi connectivity index (χ4v) is 2.20. The Kier molecular flexibility index (Phi) is 2.79. The lowest BCUT2D eigenvalue weighted by atomic mass is 10.2. The number of rotatable bonds is 1. The van der Waals surface area contributed by atoms with Crippen molar-refractivity contribution in [1.82, 2.24) is 9.97 Å². The summed E-state index contributed by atoms with van der Waals surface area (Å²) in [5.74, 6) is 0.833. The summed E-state index contributed by atoms with van der Waals surface area (Å²) >= 11 is 11.6. The maximum atomic E-state index is 5.81. The Balaban J connectivity index is 2.31. The molecule has 0 spiro atoms. The van der Waals surface area contributed by atoms with E-state index in [1.807, 2.05) is 0 Å². The predicted octanol–water partition coefficient (Wildman–Crippen LogP) is 2.77. The molecule has 1 aromatic heterocycles. The first kappa shape index (κ1) is 9.99. The van der Waals surface area contributed by atoms with Crippen LogP contribution in [0.2, 0.25) is 10.4 Å². The first-order valence-electron chi connectivity index (χ1n) is 4.63. The van der Waals surface area contributed by atoms with Crippen molar-refractivity contribution in [2.45, 2.75) is 25.8 Å². The van der Waals surface area contributed by atoms with Crippen molar-refractivity contribution < 1.29 is 0 Å². The highest BCUT2D eigenvalue weighted by molar-refractivity contribution is 6.32. The molecule has 0 saturated carbocycles. The zero-order chi connectivity index (χ0) is 10.1. The van der Waals surface area contributed by atoms with Crippen molar-refractivity contribution in [2.24, 2.45) is 0 Å². The molecule has 1 aromatic rings. The molecule has 0 bridgehead atoms. The van der Waals surface area contributed by atoms with Gasteiger partial charge < -0.3 is 4.90 Å². The van der Waals surface area contributed by atoms with Gasteiger partial charge in [-0.25, -0.2) is 9.97 Å². The number of halogens is 2. The van der Waals surface area contributed by atoms with Crippen LogP contribution in [-0.2, 0) is 0 Å². The first-order valence-corrected chi connectivity index (χ1v) is 5.39. The summed E-state index contributed by atoms with van der Waals surface area (Å²) in [5.41, 5.74) is 0. The summed E-state index contributed by atoms with van der Waals surface area (Å²) in [6.45, 7) is 3.20. The number of nitrogens with zero attached hydrogens (tertiary/aromatic N) is 3. The molecular formula is C9H11Cl2N3. The van der Waals surface area contributed by atoms with Gasteiger partial charge in [0, 0.05) is 18.7 Å². The molecule has 76 valence electrons. The second-order valence-corrected chi connectivity index (χ2v) is 4.23. The van der Waals surface area contributed by atoms with Gasteiger partial charge in [0.2, 0.25) is 5.28 Å². The third-order valence-electron chi connectivity index (χ3n) is 2.50. The van der Waals surface area contributed by atoms with Gasteiger partial charge in [-0.2, -0.15) is 0 Å². The zero-order valence-electron chi connectivity index (χ0n) is 7.87. The third-order valence-corrected chi connectivity index (χ3v) is 2.86. The summed E-state index contributed by atoms with van der Waals surface area (Å²) in [6.07, 6.45) is 2.39. The minimum Gasteiger partial charge on any atom is -0.354 e. The van der Waals surface area contributed by atoms with Gasteiger partial charge in [0.05, 0.1) is 0 Å². The van der Waals surface area contributed by atoms with Crippen molar-refractivity contribution in [2.75, 3.05) is 11.4 Å². The lowest BCUT2D eigenvalue weighted by Gasteiger charge is -2.22. The predicted molar refractivity (Wildman–Crippen MR) is 58.1 cm³/mol. The fraction of sp³-hybridized carbons (Fsp3) is 0.556. The molecule has 1 aliphatic rings. The molecule has 3 nitrogen and oxygen atoms in total. The van der Waals surface area contributed by atoms with Gasteiger partial charge in [-0.3, -0.25) is 0 Å².